The van der Waals surface area contributed by atoms with Crippen molar-refractivity contribution in [3.05, 3.63) is 64.1 Å². The minimum atomic E-state index is -0.233. The van der Waals surface area contributed by atoms with Crippen molar-refractivity contribution in [1.29, 1.82) is 0 Å². The van der Waals surface area contributed by atoms with E-state index in [2.05, 4.69) is 10.3 Å². The van der Waals surface area contributed by atoms with Crippen LogP contribution in [-0.2, 0) is 27.2 Å². The van der Waals surface area contributed by atoms with Crippen molar-refractivity contribution < 1.29 is 19.0 Å². The third kappa shape index (κ3) is 5.92. The van der Waals surface area contributed by atoms with Crippen LogP contribution in [0.15, 0.2) is 47.9 Å². The zero-order valence-corrected chi connectivity index (χ0v) is 21.2. The number of benzene rings is 1. The van der Waals surface area contributed by atoms with Gasteiger partial charge < -0.3 is 30.2 Å². The van der Waals surface area contributed by atoms with Gasteiger partial charge in [-0.1, -0.05) is 36.8 Å². The maximum absolute atomic E-state index is 13.5. The molecule has 35 heavy (non-hydrogen) atoms. The molecule has 0 spiro atoms. The zero-order chi connectivity index (χ0) is 24.8. The number of aromatic nitrogens is 1. The highest BCUT2D eigenvalue weighted by molar-refractivity contribution is 7.80. The van der Waals surface area contributed by atoms with E-state index in [1.54, 1.807) is 17.3 Å². The Morgan fingerprint density at radius 1 is 1.37 bits per heavy atom. The molecule has 10 heteroatoms. The summed E-state index contributed by atoms with van der Waals surface area (Å²) in [7, 11) is 0. The highest BCUT2D eigenvalue weighted by atomic mass is 35.5. The Balaban J connectivity index is 1.50. The molecule has 8 nitrogen and oxygen atoms in total. The Hall–Kier alpha value is -2.72. The summed E-state index contributed by atoms with van der Waals surface area (Å²) in [5.74, 6) is 0.408. The average molecular weight is 517 g/mol. The van der Waals surface area contributed by atoms with E-state index >= 15 is 0 Å². The molecule has 1 atom stereocenters. The number of hydrogen-bond acceptors (Lipinski definition) is 7. The highest BCUT2D eigenvalue weighted by Gasteiger charge is 2.31. The number of anilines is 1. The Kier molecular flexibility index (Phi) is 8.56. The summed E-state index contributed by atoms with van der Waals surface area (Å²) in [4.78, 5) is 19.4. The quantitative estimate of drug-likeness (QED) is 0.490. The van der Waals surface area contributed by atoms with Gasteiger partial charge in [0.05, 0.1) is 31.6 Å². The molecule has 2 aliphatic rings. The standard InChI is InChI=1S/C25H29ClN4O4S/c1-2-18-19(26)4-3-5-21(18)30-9-7-20(23(24(27)35)25(30)31)29-12-16-6-8-28-13-22(16)34-15-17-14-32-10-11-33-17/h3-6,8,13,17,29H,2,7,9-12,14-15H2,1H3,(H2,27,35). The van der Waals surface area contributed by atoms with Crippen LogP contribution in [0.5, 0.6) is 5.75 Å². The second-order valence-corrected chi connectivity index (χ2v) is 9.08. The predicted molar refractivity (Wildman–Crippen MR) is 139 cm³/mol. The molecular formula is C25H29ClN4O4S. The first kappa shape index (κ1) is 25.4. The van der Waals surface area contributed by atoms with E-state index in [1.165, 1.54) is 0 Å². The van der Waals surface area contributed by atoms with E-state index in [-0.39, 0.29) is 17.0 Å². The lowest BCUT2D eigenvalue weighted by Gasteiger charge is -2.32. The maximum Gasteiger partial charge on any atom is 0.263 e. The minimum absolute atomic E-state index is 0.0583. The van der Waals surface area contributed by atoms with Crippen LogP contribution < -0.4 is 20.7 Å². The third-order valence-corrected chi connectivity index (χ3v) is 6.56. The van der Waals surface area contributed by atoms with Crippen molar-refractivity contribution in [3.8, 4) is 5.75 Å². The second kappa shape index (κ2) is 11.8. The van der Waals surface area contributed by atoms with Crippen LogP contribution in [0.4, 0.5) is 5.69 Å². The number of carbonyl (C=O) groups is 1. The predicted octanol–water partition coefficient (Wildman–Crippen LogP) is 3.16. The Morgan fingerprint density at radius 2 is 2.23 bits per heavy atom. The van der Waals surface area contributed by atoms with Crippen LogP contribution in [0.1, 0.15) is 24.5 Å². The van der Waals surface area contributed by atoms with E-state index in [4.69, 9.17) is 43.8 Å². The van der Waals surface area contributed by atoms with Crippen molar-refractivity contribution in [2.24, 2.45) is 5.73 Å². The van der Waals surface area contributed by atoms with Gasteiger partial charge in [0.2, 0.25) is 0 Å². The fourth-order valence-electron chi connectivity index (χ4n) is 4.23. The number of halogens is 1. The van der Waals surface area contributed by atoms with Gasteiger partial charge in [0.25, 0.3) is 5.91 Å². The lowest BCUT2D eigenvalue weighted by molar-refractivity contribution is -0.115. The summed E-state index contributed by atoms with van der Waals surface area (Å²) in [6, 6.07) is 7.45. The van der Waals surface area contributed by atoms with E-state index in [1.807, 2.05) is 31.2 Å². The molecule has 4 rings (SSSR count). The fraction of sp³-hybridized carbons (Fsp3) is 0.400. The van der Waals surface area contributed by atoms with Crippen LogP contribution in [0.25, 0.3) is 0 Å². The lowest BCUT2D eigenvalue weighted by Crippen LogP contribution is -2.43. The average Bonchev–Trinajstić information content (AvgIpc) is 2.87. The molecule has 0 saturated carbocycles. The maximum atomic E-state index is 13.5. The molecule has 1 aromatic carbocycles. The van der Waals surface area contributed by atoms with E-state index < -0.39 is 0 Å². The third-order valence-electron chi connectivity index (χ3n) is 6.00. The first-order chi connectivity index (χ1) is 17.0. The van der Waals surface area contributed by atoms with Gasteiger partial charge in [0.15, 0.2) is 0 Å². The molecule has 3 N–H and O–H groups in total. The number of ether oxygens (including phenoxy) is 3. The summed E-state index contributed by atoms with van der Waals surface area (Å²) < 4.78 is 17.0. The lowest BCUT2D eigenvalue weighted by atomic mass is 10.0. The number of nitrogens with two attached hydrogens (primary N) is 1. The number of hydrogen-bond donors (Lipinski definition) is 2. The van der Waals surface area contributed by atoms with Crippen molar-refractivity contribution in [3.63, 3.8) is 0 Å². The van der Waals surface area contributed by atoms with E-state index in [9.17, 15) is 4.79 Å². The molecular weight excluding hydrogens is 488 g/mol. The van der Waals surface area contributed by atoms with E-state index in [0.717, 1.165) is 16.8 Å². The molecule has 0 bridgehead atoms. The molecule has 2 aromatic rings. The minimum Gasteiger partial charge on any atom is -0.489 e. The molecule has 2 aliphatic heterocycles. The highest BCUT2D eigenvalue weighted by Crippen LogP contribution is 2.32. The van der Waals surface area contributed by atoms with Crippen LogP contribution in [0.2, 0.25) is 5.02 Å². The molecule has 186 valence electrons. The molecule has 1 amide bonds. The number of carbonyl (C=O) groups excluding carboxylic acids is 1. The number of nitrogens with zero attached hydrogens (tertiary/aromatic N) is 2. The first-order valence-electron chi connectivity index (χ1n) is 11.6. The Morgan fingerprint density at radius 3 is 2.97 bits per heavy atom. The van der Waals surface area contributed by atoms with Crippen molar-refractivity contribution in [2.75, 3.05) is 37.9 Å². The van der Waals surface area contributed by atoms with E-state index in [0.29, 0.717) is 74.4 Å². The van der Waals surface area contributed by atoms with Crippen molar-refractivity contribution in [1.82, 2.24) is 10.3 Å². The fourth-order valence-corrected chi connectivity index (χ4v) is 4.74. The van der Waals surface area contributed by atoms with Gasteiger partial charge in [-0.15, -0.1) is 0 Å². The van der Waals surface area contributed by atoms with Crippen LogP contribution in [0, 0.1) is 0 Å². The van der Waals surface area contributed by atoms with Crippen LogP contribution in [0.3, 0.4) is 0 Å². The van der Waals surface area contributed by atoms with Gasteiger partial charge in [-0.05, 0) is 30.2 Å². The molecule has 1 saturated heterocycles. The number of pyridine rings is 1. The van der Waals surface area contributed by atoms with Gasteiger partial charge in [-0.3, -0.25) is 9.78 Å². The van der Waals surface area contributed by atoms with Crippen molar-refractivity contribution >= 4 is 40.4 Å². The van der Waals surface area contributed by atoms with Crippen LogP contribution >= 0.6 is 23.8 Å². The summed E-state index contributed by atoms with van der Waals surface area (Å²) >= 11 is 11.7. The number of thiocarbonyl (C=S) groups is 1. The zero-order valence-electron chi connectivity index (χ0n) is 19.6. The molecule has 0 radical (unpaired) electrons. The molecule has 3 heterocycles. The molecule has 0 aliphatic carbocycles. The van der Waals surface area contributed by atoms with Gasteiger partial charge in [-0.2, -0.15) is 0 Å². The summed E-state index contributed by atoms with van der Waals surface area (Å²) in [5, 5.41) is 4.00. The van der Waals surface area contributed by atoms with Crippen molar-refractivity contribution in [2.45, 2.75) is 32.4 Å². The second-order valence-electron chi connectivity index (χ2n) is 8.23. The summed E-state index contributed by atoms with van der Waals surface area (Å²) in [6.07, 6.45) is 4.53. The molecule has 1 aromatic heterocycles. The summed E-state index contributed by atoms with van der Waals surface area (Å²) in [6.45, 7) is 4.95. The Labute approximate surface area is 215 Å². The number of amides is 1. The van der Waals surface area contributed by atoms with Crippen LogP contribution in [-0.4, -0.2) is 55.0 Å². The molecule has 1 fully saturated rings. The SMILES string of the molecule is CCc1c(Cl)cccc1N1CCC(NCc2ccncc2OCC2COCCO2)=C(C(N)=S)C1=O. The summed E-state index contributed by atoms with van der Waals surface area (Å²) in [5.41, 5.74) is 9.65. The van der Waals surface area contributed by atoms with Gasteiger partial charge in [-0.25, -0.2) is 0 Å². The smallest absolute Gasteiger partial charge is 0.263 e. The monoisotopic (exact) mass is 516 g/mol. The number of nitrogens with one attached hydrogen (secondary N) is 1. The normalized spacial score (nSPS) is 18.5. The first-order valence-corrected chi connectivity index (χ1v) is 12.4. The largest absolute Gasteiger partial charge is 0.489 e. The van der Waals surface area contributed by atoms with Gasteiger partial charge >= 0.3 is 0 Å². The Bertz CT molecular complexity index is 1120. The van der Waals surface area contributed by atoms with Gasteiger partial charge in [0.1, 0.15) is 23.4 Å². The van der Waals surface area contributed by atoms with Gasteiger partial charge in [0, 0.05) is 47.7 Å². The number of rotatable bonds is 9. The topological polar surface area (TPSA) is 98.9 Å². The molecule has 1 unspecified atom stereocenters.